The molecule has 1 amide bonds. The van der Waals surface area contributed by atoms with Crippen LogP contribution in [0.2, 0.25) is 0 Å². The molecule has 1 N–H and O–H groups in total. The lowest BCUT2D eigenvalue weighted by Gasteiger charge is -2.28. The molecule has 1 heterocycles. The highest BCUT2D eigenvalue weighted by atomic mass is 79.9. The summed E-state index contributed by atoms with van der Waals surface area (Å²) in [5.74, 6) is 0.103. The minimum Gasteiger partial charge on any atom is -0.503 e. The smallest absolute Gasteiger partial charge is 0.290 e. The summed E-state index contributed by atoms with van der Waals surface area (Å²) in [6.07, 6.45) is 0. The highest BCUT2D eigenvalue weighted by molar-refractivity contribution is 9.10. The van der Waals surface area contributed by atoms with Crippen molar-refractivity contribution < 1.29 is 14.6 Å². The summed E-state index contributed by atoms with van der Waals surface area (Å²) in [5.41, 5.74) is 4.35. The SMILES string of the molecule is COc1ccccc1CN1C(=O)C(O)=C(c2ccc(C)cc2)[C@H]1c1ccccc1Br. The molecule has 4 nitrogen and oxygen atoms in total. The number of hydrogen-bond donors (Lipinski definition) is 1. The van der Waals surface area contributed by atoms with Crippen molar-refractivity contribution in [1.29, 1.82) is 0 Å². The molecule has 152 valence electrons. The highest BCUT2D eigenvalue weighted by Gasteiger charge is 2.41. The van der Waals surface area contributed by atoms with Crippen LogP contribution in [0, 0.1) is 6.92 Å². The molecule has 30 heavy (non-hydrogen) atoms. The lowest BCUT2D eigenvalue weighted by Crippen LogP contribution is -2.30. The quantitative estimate of drug-likeness (QED) is 0.518. The molecule has 0 aliphatic carbocycles. The lowest BCUT2D eigenvalue weighted by atomic mass is 9.93. The number of carbonyl (C=O) groups excluding carboxylic acids is 1. The van der Waals surface area contributed by atoms with Gasteiger partial charge in [0, 0.05) is 15.6 Å². The molecule has 0 bridgehead atoms. The van der Waals surface area contributed by atoms with Crippen molar-refractivity contribution in [3.05, 3.63) is 105 Å². The second kappa shape index (κ2) is 8.36. The van der Waals surface area contributed by atoms with Gasteiger partial charge in [-0.2, -0.15) is 0 Å². The van der Waals surface area contributed by atoms with Crippen LogP contribution in [-0.2, 0) is 11.3 Å². The molecular formula is C25H22BrNO3. The van der Waals surface area contributed by atoms with Crippen molar-refractivity contribution in [1.82, 2.24) is 4.90 Å². The molecule has 3 aromatic carbocycles. The topological polar surface area (TPSA) is 49.8 Å². The zero-order valence-electron chi connectivity index (χ0n) is 16.8. The third-order valence-corrected chi connectivity index (χ3v) is 6.12. The number of aliphatic hydroxyl groups is 1. The van der Waals surface area contributed by atoms with E-state index >= 15 is 0 Å². The maximum atomic E-state index is 13.2. The Balaban J connectivity index is 1.85. The number of rotatable bonds is 5. The van der Waals surface area contributed by atoms with Crippen molar-refractivity contribution in [2.75, 3.05) is 7.11 Å². The Kier molecular flexibility index (Phi) is 5.64. The van der Waals surface area contributed by atoms with Crippen molar-refractivity contribution in [2.24, 2.45) is 0 Å². The van der Waals surface area contributed by atoms with Gasteiger partial charge in [-0.1, -0.05) is 82.2 Å². The summed E-state index contributed by atoms with van der Waals surface area (Å²) in [4.78, 5) is 14.9. The fourth-order valence-corrected chi connectivity index (χ4v) is 4.38. The molecule has 1 aliphatic heterocycles. The number of benzene rings is 3. The van der Waals surface area contributed by atoms with Crippen LogP contribution in [0.4, 0.5) is 0 Å². The third kappa shape index (κ3) is 3.61. The number of halogens is 1. The Morgan fingerprint density at radius 1 is 1.00 bits per heavy atom. The molecule has 0 saturated carbocycles. The summed E-state index contributed by atoms with van der Waals surface area (Å²) in [7, 11) is 1.61. The number of nitrogens with zero attached hydrogens (tertiary/aromatic N) is 1. The third-order valence-electron chi connectivity index (χ3n) is 5.40. The fraction of sp³-hybridized carbons (Fsp3) is 0.160. The van der Waals surface area contributed by atoms with Crippen LogP contribution in [0.3, 0.4) is 0 Å². The first-order valence-electron chi connectivity index (χ1n) is 9.68. The maximum Gasteiger partial charge on any atom is 0.290 e. The second-order valence-corrected chi connectivity index (χ2v) is 8.15. The van der Waals surface area contributed by atoms with Crippen molar-refractivity contribution in [3.63, 3.8) is 0 Å². The summed E-state index contributed by atoms with van der Waals surface area (Å²) < 4.78 is 6.37. The first-order valence-corrected chi connectivity index (χ1v) is 10.5. The number of ether oxygens (including phenoxy) is 1. The largest absolute Gasteiger partial charge is 0.503 e. The number of methoxy groups -OCH3 is 1. The van der Waals surface area contributed by atoms with Crippen LogP contribution >= 0.6 is 15.9 Å². The zero-order valence-corrected chi connectivity index (χ0v) is 18.4. The van der Waals surface area contributed by atoms with E-state index in [0.29, 0.717) is 17.9 Å². The minimum atomic E-state index is -0.430. The van der Waals surface area contributed by atoms with Gasteiger partial charge in [0.25, 0.3) is 5.91 Å². The molecule has 0 unspecified atom stereocenters. The zero-order chi connectivity index (χ0) is 21.3. The van der Waals surface area contributed by atoms with Gasteiger partial charge in [-0.3, -0.25) is 4.79 Å². The van der Waals surface area contributed by atoms with Crippen LogP contribution in [0.5, 0.6) is 5.75 Å². The summed E-state index contributed by atoms with van der Waals surface area (Å²) in [5, 5.41) is 10.9. The Labute approximate surface area is 184 Å². The van der Waals surface area contributed by atoms with E-state index < -0.39 is 11.9 Å². The number of para-hydroxylation sites is 1. The predicted octanol–water partition coefficient (Wildman–Crippen LogP) is 5.82. The molecule has 1 aliphatic rings. The molecule has 1 atom stereocenters. The van der Waals surface area contributed by atoms with Crippen LogP contribution in [0.1, 0.15) is 28.3 Å². The van der Waals surface area contributed by atoms with E-state index in [9.17, 15) is 9.90 Å². The van der Waals surface area contributed by atoms with Gasteiger partial charge in [-0.15, -0.1) is 0 Å². The molecule has 5 heteroatoms. The Morgan fingerprint density at radius 2 is 1.67 bits per heavy atom. The molecule has 0 aromatic heterocycles. The average molecular weight is 464 g/mol. The predicted molar refractivity (Wildman–Crippen MR) is 121 cm³/mol. The normalized spacial score (nSPS) is 16.3. The molecule has 0 fully saturated rings. The fourth-order valence-electron chi connectivity index (χ4n) is 3.88. The maximum absolute atomic E-state index is 13.2. The van der Waals surface area contributed by atoms with E-state index in [1.165, 1.54) is 0 Å². The van der Waals surface area contributed by atoms with E-state index in [0.717, 1.165) is 26.7 Å². The Morgan fingerprint density at radius 3 is 2.37 bits per heavy atom. The summed E-state index contributed by atoms with van der Waals surface area (Å²) >= 11 is 3.63. The molecular weight excluding hydrogens is 442 g/mol. The average Bonchev–Trinajstić information content (AvgIpc) is 3.00. The summed E-state index contributed by atoms with van der Waals surface area (Å²) in [6.45, 7) is 2.32. The molecule has 0 radical (unpaired) electrons. The summed E-state index contributed by atoms with van der Waals surface area (Å²) in [6, 6.07) is 22.9. The van der Waals surface area contributed by atoms with Crippen LogP contribution in [0.15, 0.2) is 83.0 Å². The number of aryl methyl sites for hydroxylation is 1. The Bertz CT molecular complexity index is 1120. The van der Waals surface area contributed by atoms with Gasteiger partial charge in [0.1, 0.15) is 5.75 Å². The minimum absolute atomic E-state index is 0.213. The van der Waals surface area contributed by atoms with Crippen LogP contribution in [0.25, 0.3) is 5.57 Å². The van der Waals surface area contributed by atoms with Crippen molar-refractivity contribution in [3.8, 4) is 5.75 Å². The van der Waals surface area contributed by atoms with Crippen molar-refractivity contribution in [2.45, 2.75) is 19.5 Å². The first-order chi connectivity index (χ1) is 14.5. The molecule has 3 aromatic rings. The molecule has 0 spiro atoms. The van der Waals surface area contributed by atoms with Crippen molar-refractivity contribution >= 4 is 27.4 Å². The molecule has 0 saturated heterocycles. The van der Waals surface area contributed by atoms with Crippen LogP contribution < -0.4 is 4.74 Å². The molecule has 4 rings (SSSR count). The van der Waals surface area contributed by atoms with Gasteiger partial charge >= 0.3 is 0 Å². The van der Waals surface area contributed by atoms with Gasteiger partial charge in [0.2, 0.25) is 0 Å². The van der Waals surface area contributed by atoms with E-state index in [1.54, 1.807) is 12.0 Å². The second-order valence-electron chi connectivity index (χ2n) is 7.30. The number of carbonyl (C=O) groups is 1. The van der Waals surface area contributed by atoms with Gasteiger partial charge in [0.05, 0.1) is 19.7 Å². The van der Waals surface area contributed by atoms with Gasteiger partial charge in [-0.25, -0.2) is 0 Å². The first kappa shape index (κ1) is 20.2. The van der Waals surface area contributed by atoms with Crippen LogP contribution in [-0.4, -0.2) is 23.0 Å². The monoisotopic (exact) mass is 463 g/mol. The van der Waals surface area contributed by atoms with E-state index in [4.69, 9.17) is 4.74 Å². The highest BCUT2D eigenvalue weighted by Crippen LogP contribution is 2.46. The number of amides is 1. The van der Waals surface area contributed by atoms with E-state index in [-0.39, 0.29) is 5.76 Å². The lowest BCUT2D eigenvalue weighted by molar-refractivity contribution is -0.130. The van der Waals surface area contributed by atoms with E-state index in [1.807, 2.05) is 79.7 Å². The van der Waals surface area contributed by atoms with E-state index in [2.05, 4.69) is 15.9 Å². The number of aliphatic hydroxyl groups excluding tert-OH is 1. The van der Waals surface area contributed by atoms with Gasteiger partial charge in [-0.05, 0) is 30.2 Å². The number of hydrogen-bond acceptors (Lipinski definition) is 3. The standard InChI is InChI=1S/C25H22BrNO3/c1-16-11-13-17(14-12-16)22-23(19-8-4-5-9-20(19)26)27(25(29)24(22)28)15-18-7-3-6-10-21(18)30-2/h3-14,23,28H,15H2,1-2H3/t23-/m1/s1. The van der Waals surface area contributed by atoms with Gasteiger partial charge in [0.15, 0.2) is 5.76 Å². The van der Waals surface area contributed by atoms with Gasteiger partial charge < -0.3 is 14.7 Å². The Hall–Kier alpha value is -3.05.